The Morgan fingerprint density at radius 3 is 2.76 bits per heavy atom. The largest absolute Gasteiger partial charge is 0.492 e. The van der Waals surface area contributed by atoms with E-state index in [4.69, 9.17) is 33.7 Å². The summed E-state index contributed by atoms with van der Waals surface area (Å²) < 4.78 is 5.40. The van der Waals surface area contributed by atoms with Crippen molar-refractivity contribution in [3.8, 4) is 5.75 Å². The minimum Gasteiger partial charge on any atom is -0.492 e. The molecule has 21 heavy (non-hydrogen) atoms. The van der Waals surface area contributed by atoms with Gasteiger partial charge in [-0.1, -0.05) is 29.3 Å². The number of hydrogen-bond donors (Lipinski definition) is 2. The topological polar surface area (TPSA) is 64.3 Å². The molecule has 0 aliphatic carbocycles. The third-order valence-electron chi connectivity index (χ3n) is 2.65. The van der Waals surface area contributed by atoms with Crippen LogP contribution in [-0.4, -0.2) is 19.1 Å². The SMILES string of the molecule is NCCOc1cccc(NC(=O)c2cc(Cl)ccc2Cl)c1. The first kappa shape index (κ1) is 15.6. The molecule has 0 heterocycles. The summed E-state index contributed by atoms with van der Waals surface area (Å²) in [6.07, 6.45) is 0. The van der Waals surface area contributed by atoms with E-state index < -0.39 is 0 Å². The number of carbonyl (C=O) groups is 1. The van der Waals surface area contributed by atoms with Gasteiger partial charge in [0.25, 0.3) is 5.91 Å². The maximum Gasteiger partial charge on any atom is 0.257 e. The molecule has 0 fully saturated rings. The maximum absolute atomic E-state index is 12.2. The van der Waals surface area contributed by atoms with E-state index in [0.717, 1.165) is 0 Å². The predicted octanol–water partition coefficient (Wildman–Crippen LogP) is 3.58. The minimum atomic E-state index is -0.335. The molecule has 0 atom stereocenters. The Balaban J connectivity index is 2.14. The van der Waals surface area contributed by atoms with Gasteiger partial charge in [-0.05, 0) is 30.3 Å². The van der Waals surface area contributed by atoms with Crippen LogP contribution in [0, 0.1) is 0 Å². The molecule has 0 saturated heterocycles. The molecule has 2 aromatic carbocycles. The first-order valence-electron chi connectivity index (χ1n) is 6.29. The van der Waals surface area contributed by atoms with E-state index in [2.05, 4.69) is 5.32 Å². The highest BCUT2D eigenvalue weighted by molar-refractivity contribution is 6.36. The van der Waals surface area contributed by atoms with Gasteiger partial charge in [0.1, 0.15) is 12.4 Å². The van der Waals surface area contributed by atoms with E-state index in [9.17, 15) is 4.79 Å². The second kappa shape index (κ2) is 7.31. The van der Waals surface area contributed by atoms with Crippen LogP contribution in [0.3, 0.4) is 0 Å². The molecule has 0 aliphatic rings. The molecule has 110 valence electrons. The van der Waals surface area contributed by atoms with Gasteiger partial charge in [-0.15, -0.1) is 0 Å². The second-order valence-electron chi connectivity index (χ2n) is 4.24. The van der Waals surface area contributed by atoms with Crippen LogP contribution in [-0.2, 0) is 0 Å². The zero-order chi connectivity index (χ0) is 15.2. The number of amides is 1. The van der Waals surface area contributed by atoms with Crippen molar-refractivity contribution in [3.63, 3.8) is 0 Å². The lowest BCUT2D eigenvalue weighted by atomic mass is 10.2. The molecule has 0 spiro atoms. The molecule has 0 aliphatic heterocycles. The molecule has 0 unspecified atom stereocenters. The third kappa shape index (κ3) is 4.36. The molecule has 4 nitrogen and oxygen atoms in total. The summed E-state index contributed by atoms with van der Waals surface area (Å²) in [5.74, 6) is 0.300. The Bertz CT molecular complexity index is 647. The normalized spacial score (nSPS) is 10.2. The van der Waals surface area contributed by atoms with E-state index in [0.29, 0.717) is 40.2 Å². The fourth-order valence-electron chi connectivity index (χ4n) is 1.71. The van der Waals surface area contributed by atoms with E-state index in [1.165, 1.54) is 6.07 Å². The Labute approximate surface area is 132 Å². The first-order chi connectivity index (χ1) is 10.1. The smallest absolute Gasteiger partial charge is 0.257 e. The van der Waals surface area contributed by atoms with Crippen molar-refractivity contribution in [2.75, 3.05) is 18.5 Å². The summed E-state index contributed by atoms with van der Waals surface area (Å²) in [4.78, 5) is 12.2. The number of carbonyl (C=O) groups excluding carboxylic acids is 1. The molecule has 2 aromatic rings. The monoisotopic (exact) mass is 324 g/mol. The van der Waals surface area contributed by atoms with E-state index >= 15 is 0 Å². The summed E-state index contributed by atoms with van der Waals surface area (Å²) in [6, 6.07) is 11.8. The number of nitrogens with one attached hydrogen (secondary N) is 1. The average Bonchev–Trinajstić information content (AvgIpc) is 2.48. The van der Waals surface area contributed by atoms with Crippen molar-refractivity contribution in [1.82, 2.24) is 0 Å². The minimum absolute atomic E-state index is 0.317. The fourth-order valence-corrected chi connectivity index (χ4v) is 2.09. The van der Waals surface area contributed by atoms with Gasteiger partial charge in [0.15, 0.2) is 0 Å². The molecule has 1 amide bonds. The standard InChI is InChI=1S/C15H14Cl2N2O2/c16-10-4-5-14(17)13(8-10)15(20)19-11-2-1-3-12(9-11)21-7-6-18/h1-5,8-9H,6-7,18H2,(H,19,20). The fraction of sp³-hybridized carbons (Fsp3) is 0.133. The summed E-state index contributed by atoms with van der Waals surface area (Å²) >= 11 is 11.9. The molecule has 6 heteroatoms. The highest BCUT2D eigenvalue weighted by atomic mass is 35.5. The second-order valence-corrected chi connectivity index (χ2v) is 5.09. The molecule has 2 rings (SSSR count). The van der Waals surface area contributed by atoms with Crippen LogP contribution >= 0.6 is 23.2 Å². The number of benzene rings is 2. The van der Waals surface area contributed by atoms with Crippen LogP contribution in [0.25, 0.3) is 0 Å². The molecule has 3 N–H and O–H groups in total. The van der Waals surface area contributed by atoms with Crippen molar-refractivity contribution in [1.29, 1.82) is 0 Å². The molecular formula is C15H14Cl2N2O2. The molecule has 0 radical (unpaired) electrons. The number of anilines is 1. The van der Waals surface area contributed by atoms with Gasteiger partial charge < -0.3 is 15.8 Å². The number of ether oxygens (including phenoxy) is 1. The molecule has 0 aromatic heterocycles. The Morgan fingerprint density at radius 1 is 1.19 bits per heavy atom. The van der Waals surface area contributed by atoms with Crippen molar-refractivity contribution in [2.45, 2.75) is 0 Å². The number of hydrogen-bond acceptors (Lipinski definition) is 3. The Morgan fingerprint density at radius 2 is 2.00 bits per heavy atom. The number of nitrogens with two attached hydrogens (primary N) is 1. The molecule has 0 saturated carbocycles. The lowest BCUT2D eigenvalue weighted by Crippen LogP contribution is -2.13. The lowest BCUT2D eigenvalue weighted by molar-refractivity contribution is 0.102. The number of rotatable bonds is 5. The number of halogens is 2. The van der Waals surface area contributed by atoms with Crippen LogP contribution in [0.4, 0.5) is 5.69 Å². The average molecular weight is 325 g/mol. The van der Waals surface area contributed by atoms with Gasteiger partial charge in [0, 0.05) is 23.3 Å². The van der Waals surface area contributed by atoms with Gasteiger partial charge in [-0.3, -0.25) is 4.79 Å². The van der Waals surface area contributed by atoms with Gasteiger partial charge in [0.2, 0.25) is 0 Å². The van der Waals surface area contributed by atoms with E-state index in [1.54, 1.807) is 36.4 Å². The maximum atomic E-state index is 12.2. The lowest BCUT2D eigenvalue weighted by Gasteiger charge is -2.09. The van der Waals surface area contributed by atoms with E-state index in [1.807, 2.05) is 0 Å². The zero-order valence-corrected chi connectivity index (χ0v) is 12.6. The summed E-state index contributed by atoms with van der Waals surface area (Å²) in [5, 5.41) is 3.54. The Hall–Kier alpha value is -1.75. The van der Waals surface area contributed by atoms with Crippen molar-refractivity contribution in [3.05, 3.63) is 58.1 Å². The van der Waals surface area contributed by atoms with E-state index in [-0.39, 0.29) is 5.91 Å². The Kier molecular flexibility index (Phi) is 5.44. The summed E-state index contributed by atoms with van der Waals surface area (Å²) in [7, 11) is 0. The van der Waals surface area contributed by atoms with Gasteiger partial charge >= 0.3 is 0 Å². The summed E-state index contributed by atoms with van der Waals surface area (Å²) in [6.45, 7) is 0.840. The highest BCUT2D eigenvalue weighted by Gasteiger charge is 2.11. The van der Waals surface area contributed by atoms with Gasteiger partial charge in [0.05, 0.1) is 10.6 Å². The van der Waals surface area contributed by atoms with Crippen molar-refractivity contribution < 1.29 is 9.53 Å². The van der Waals surface area contributed by atoms with Gasteiger partial charge in [-0.25, -0.2) is 0 Å². The summed E-state index contributed by atoms with van der Waals surface area (Å²) in [5.41, 5.74) is 6.30. The van der Waals surface area contributed by atoms with Crippen molar-refractivity contribution in [2.24, 2.45) is 5.73 Å². The van der Waals surface area contributed by atoms with Crippen LogP contribution in [0.1, 0.15) is 10.4 Å². The highest BCUT2D eigenvalue weighted by Crippen LogP contribution is 2.23. The quantitative estimate of drug-likeness (QED) is 0.883. The molecular weight excluding hydrogens is 311 g/mol. The van der Waals surface area contributed by atoms with Crippen LogP contribution in [0.15, 0.2) is 42.5 Å². The van der Waals surface area contributed by atoms with Crippen molar-refractivity contribution >= 4 is 34.8 Å². The van der Waals surface area contributed by atoms with Crippen LogP contribution in [0.5, 0.6) is 5.75 Å². The van der Waals surface area contributed by atoms with Crippen LogP contribution in [0.2, 0.25) is 10.0 Å². The first-order valence-corrected chi connectivity index (χ1v) is 7.05. The van der Waals surface area contributed by atoms with Crippen LogP contribution < -0.4 is 15.8 Å². The predicted molar refractivity (Wildman–Crippen MR) is 85.4 cm³/mol. The molecule has 0 bridgehead atoms. The zero-order valence-electron chi connectivity index (χ0n) is 11.1. The van der Waals surface area contributed by atoms with Gasteiger partial charge in [-0.2, -0.15) is 0 Å². The third-order valence-corrected chi connectivity index (χ3v) is 3.22.